The highest BCUT2D eigenvalue weighted by atomic mass is 127. The quantitative estimate of drug-likeness (QED) is 0.428. The molecule has 114 valence electrons. The van der Waals surface area contributed by atoms with E-state index >= 15 is 0 Å². The van der Waals surface area contributed by atoms with E-state index in [0.29, 0.717) is 16.9 Å². The topological polar surface area (TPSA) is 52.6 Å². The molecule has 2 aromatic rings. The minimum absolute atomic E-state index is 0.248. The molecule has 0 fully saturated rings. The summed E-state index contributed by atoms with van der Waals surface area (Å²) < 4.78 is 11.1. The van der Waals surface area contributed by atoms with Crippen molar-refractivity contribution in [3.63, 3.8) is 0 Å². The van der Waals surface area contributed by atoms with Gasteiger partial charge in [0.2, 0.25) is 5.78 Å². The average molecular weight is 410 g/mol. The molecule has 0 aliphatic heterocycles. The Morgan fingerprint density at radius 1 is 1.05 bits per heavy atom. The van der Waals surface area contributed by atoms with Gasteiger partial charge < -0.3 is 9.47 Å². The van der Waals surface area contributed by atoms with Crippen molar-refractivity contribution in [3.05, 3.63) is 63.2 Å². The highest BCUT2D eigenvalue weighted by Crippen LogP contribution is 2.16. The predicted molar refractivity (Wildman–Crippen MR) is 91.4 cm³/mol. The number of methoxy groups -OCH3 is 1. The van der Waals surface area contributed by atoms with E-state index in [-0.39, 0.29) is 5.78 Å². The van der Waals surface area contributed by atoms with E-state index in [4.69, 9.17) is 9.47 Å². The molecular weight excluding hydrogens is 395 g/mol. The number of carbonyl (C=O) groups excluding carboxylic acids is 2. The summed E-state index contributed by atoms with van der Waals surface area (Å²) in [4.78, 5) is 24.4. The number of benzene rings is 2. The molecule has 0 aliphatic rings. The maximum atomic E-state index is 12.3. The third kappa shape index (κ3) is 3.85. The largest absolute Gasteiger partial charge is 0.497 e. The third-order valence-electron chi connectivity index (χ3n) is 3.12. The van der Waals surface area contributed by atoms with Gasteiger partial charge in [0.05, 0.1) is 12.7 Å². The first-order valence-electron chi connectivity index (χ1n) is 6.66. The van der Waals surface area contributed by atoms with Crippen molar-refractivity contribution in [1.29, 1.82) is 0 Å². The molecule has 1 unspecified atom stereocenters. The molecule has 0 bridgehead atoms. The maximum Gasteiger partial charge on any atom is 0.339 e. The minimum Gasteiger partial charge on any atom is -0.497 e. The Labute approximate surface area is 142 Å². The van der Waals surface area contributed by atoms with E-state index in [2.05, 4.69) is 22.6 Å². The number of carbonyl (C=O) groups is 2. The molecule has 0 aliphatic carbocycles. The predicted octanol–water partition coefficient (Wildman–Crippen LogP) is 3.73. The second-order valence-electron chi connectivity index (χ2n) is 4.62. The summed E-state index contributed by atoms with van der Waals surface area (Å²) in [5.41, 5.74) is 0.932. The summed E-state index contributed by atoms with van der Waals surface area (Å²) in [6, 6.07) is 13.8. The van der Waals surface area contributed by atoms with Crippen LogP contribution in [0.3, 0.4) is 0 Å². The molecule has 2 rings (SSSR count). The number of Topliss-reactive ketones (excluding diaryl/α,β-unsaturated/α-hetero) is 1. The van der Waals surface area contributed by atoms with Crippen LogP contribution in [0.1, 0.15) is 27.6 Å². The van der Waals surface area contributed by atoms with Gasteiger partial charge in [-0.25, -0.2) is 4.79 Å². The van der Waals surface area contributed by atoms with Crippen molar-refractivity contribution in [2.24, 2.45) is 0 Å². The molecule has 0 saturated heterocycles. The zero-order valence-corrected chi connectivity index (χ0v) is 14.4. The normalized spacial score (nSPS) is 11.6. The van der Waals surface area contributed by atoms with Crippen LogP contribution >= 0.6 is 22.6 Å². The number of rotatable bonds is 5. The Morgan fingerprint density at radius 3 is 2.27 bits per heavy atom. The second kappa shape index (κ2) is 7.40. The van der Waals surface area contributed by atoms with Crippen LogP contribution in [0.4, 0.5) is 0 Å². The van der Waals surface area contributed by atoms with Crippen LogP contribution < -0.4 is 4.74 Å². The number of ketones is 1. The lowest BCUT2D eigenvalue weighted by atomic mass is 10.1. The lowest BCUT2D eigenvalue weighted by Crippen LogP contribution is -2.24. The van der Waals surface area contributed by atoms with E-state index in [1.165, 1.54) is 0 Å². The second-order valence-corrected chi connectivity index (χ2v) is 5.78. The standard InChI is InChI=1S/C17H15IO4/c1-11(16(19)12-7-9-13(21-2)10-8-12)22-17(20)14-5-3-4-6-15(14)18/h3-11H,1-2H3. The third-order valence-corrected chi connectivity index (χ3v) is 4.06. The molecule has 5 heteroatoms. The van der Waals surface area contributed by atoms with E-state index < -0.39 is 12.1 Å². The Morgan fingerprint density at radius 2 is 1.68 bits per heavy atom. The van der Waals surface area contributed by atoms with Gasteiger partial charge in [-0.05, 0) is 65.9 Å². The lowest BCUT2D eigenvalue weighted by Gasteiger charge is -2.13. The van der Waals surface area contributed by atoms with E-state index in [1.807, 2.05) is 12.1 Å². The molecule has 1 atom stereocenters. The van der Waals surface area contributed by atoms with Crippen molar-refractivity contribution >= 4 is 34.3 Å². The monoisotopic (exact) mass is 410 g/mol. The fourth-order valence-corrected chi connectivity index (χ4v) is 2.50. The van der Waals surface area contributed by atoms with Crippen molar-refractivity contribution in [1.82, 2.24) is 0 Å². The first-order valence-corrected chi connectivity index (χ1v) is 7.74. The first kappa shape index (κ1) is 16.5. The zero-order chi connectivity index (χ0) is 16.1. The molecule has 0 heterocycles. The molecule has 0 spiro atoms. The van der Waals surface area contributed by atoms with Crippen molar-refractivity contribution in [2.45, 2.75) is 13.0 Å². The van der Waals surface area contributed by atoms with E-state index in [1.54, 1.807) is 50.4 Å². The van der Waals surface area contributed by atoms with Gasteiger partial charge in [-0.3, -0.25) is 4.79 Å². The summed E-state index contributed by atoms with van der Waals surface area (Å²) in [6.45, 7) is 1.57. The van der Waals surface area contributed by atoms with Gasteiger partial charge in [-0.2, -0.15) is 0 Å². The Balaban J connectivity index is 2.07. The summed E-state index contributed by atoms with van der Waals surface area (Å²) >= 11 is 2.06. The molecule has 0 saturated carbocycles. The van der Waals surface area contributed by atoms with Crippen LogP contribution in [0.5, 0.6) is 5.75 Å². The van der Waals surface area contributed by atoms with Crippen LogP contribution in [-0.4, -0.2) is 25.0 Å². The minimum atomic E-state index is -0.850. The van der Waals surface area contributed by atoms with Gasteiger partial charge in [0.1, 0.15) is 5.75 Å². The summed E-state index contributed by atoms with van der Waals surface area (Å²) in [5.74, 6) is -0.0821. The van der Waals surface area contributed by atoms with Crippen molar-refractivity contribution in [2.75, 3.05) is 7.11 Å². The molecule has 0 radical (unpaired) electrons. The maximum absolute atomic E-state index is 12.3. The van der Waals surface area contributed by atoms with Crippen LogP contribution in [0.15, 0.2) is 48.5 Å². The van der Waals surface area contributed by atoms with Gasteiger partial charge >= 0.3 is 5.97 Å². The van der Waals surface area contributed by atoms with Gasteiger partial charge in [-0.15, -0.1) is 0 Å². The highest BCUT2D eigenvalue weighted by molar-refractivity contribution is 14.1. The van der Waals surface area contributed by atoms with Crippen molar-refractivity contribution < 1.29 is 19.1 Å². The molecule has 0 amide bonds. The summed E-state index contributed by atoms with van der Waals surface area (Å²) in [6.07, 6.45) is -0.850. The van der Waals surface area contributed by atoms with E-state index in [0.717, 1.165) is 3.57 Å². The lowest BCUT2D eigenvalue weighted by molar-refractivity contribution is 0.0317. The Kier molecular flexibility index (Phi) is 5.54. The fourth-order valence-electron chi connectivity index (χ4n) is 1.89. The number of hydrogen-bond donors (Lipinski definition) is 0. The smallest absolute Gasteiger partial charge is 0.339 e. The zero-order valence-electron chi connectivity index (χ0n) is 12.2. The number of ether oxygens (including phenoxy) is 2. The molecule has 2 aromatic carbocycles. The van der Waals surface area contributed by atoms with Gasteiger partial charge in [0.25, 0.3) is 0 Å². The number of halogens is 1. The highest BCUT2D eigenvalue weighted by Gasteiger charge is 2.21. The average Bonchev–Trinajstić information content (AvgIpc) is 2.54. The molecule has 22 heavy (non-hydrogen) atoms. The first-order chi connectivity index (χ1) is 10.5. The molecule has 4 nitrogen and oxygen atoms in total. The summed E-state index contributed by atoms with van der Waals surface area (Å²) in [5, 5.41) is 0. The molecule has 0 aromatic heterocycles. The van der Waals surface area contributed by atoms with Crippen LogP contribution in [0.2, 0.25) is 0 Å². The van der Waals surface area contributed by atoms with Crippen LogP contribution in [0, 0.1) is 3.57 Å². The van der Waals surface area contributed by atoms with E-state index in [9.17, 15) is 9.59 Å². The number of hydrogen-bond acceptors (Lipinski definition) is 4. The fraction of sp³-hybridized carbons (Fsp3) is 0.176. The van der Waals surface area contributed by atoms with Gasteiger partial charge in [0.15, 0.2) is 6.10 Å². The van der Waals surface area contributed by atoms with Crippen LogP contribution in [-0.2, 0) is 4.74 Å². The van der Waals surface area contributed by atoms with Crippen molar-refractivity contribution in [3.8, 4) is 5.75 Å². The molecule has 0 N–H and O–H groups in total. The molecular formula is C17H15IO4. The summed E-state index contributed by atoms with van der Waals surface area (Å²) in [7, 11) is 1.56. The Hall–Kier alpha value is -1.89. The van der Waals surface area contributed by atoms with Gasteiger partial charge in [0, 0.05) is 9.13 Å². The van der Waals surface area contributed by atoms with Gasteiger partial charge in [-0.1, -0.05) is 12.1 Å². The Bertz CT molecular complexity index is 679. The van der Waals surface area contributed by atoms with Crippen LogP contribution in [0.25, 0.3) is 0 Å². The SMILES string of the molecule is COc1ccc(C(=O)C(C)OC(=O)c2ccccc2I)cc1. The number of esters is 1.